The number of aromatic nitrogens is 2. The number of nitrogens with zero attached hydrogens (tertiary/aromatic N) is 2. The number of rotatable bonds is 4. The van der Waals surface area contributed by atoms with Gasteiger partial charge in [-0.1, -0.05) is 64.2 Å². The third-order valence-electron chi connectivity index (χ3n) is 5.50. The number of carbonyl (C=O) groups is 1. The van der Waals surface area contributed by atoms with Crippen LogP contribution in [0, 0.1) is 0 Å². The lowest BCUT2D eigenvalue weighted by molar-refractivity contribution is 0.0969. The SMILES string of the molecule is O=C(N[B]C1CCCCCCCC1)c1nccc(C2CCCC2)n1. The fourth-order valence-electron chi connectivity index (χ4n) is 4.02. The number of amides is 1. The topological polar surface area (TPSA) is 54.9 Å². The van der Waals surface area contributed by atoms with E-state index in [0.29, 0.717) is 17.6 Å². The lowest BCUT2D eigenvalue weighted by Gasteiger charge is -2.15. The first-order valence-corrected chi connectivity index (χ1v) is 9.80. The van der Waals surface area contributed by atoms with Gasteiger partial charge in [-0.3, -0.25) is 4.79 Å². The van der Waals surface area contributed by atoms with Crippen LogP contribution in [0.3, 0.4) is 0 Å². The normalized spacial score (nSPS) is 20.8. The van der Waals surface area contributed by atoms with Crippen molar-refractivity contribution in [2.24, 2.45) is 0 Å². The van der Waals surface area contributed by atoms with Crippen LogP contribution in [0.5, 0.6) is 0 Å². The molecule has 4 nitrogen and oxygen atoms in total. The van der Waals surface area contributed by atoms with Gasteiger partial charge in [0.1, 0.15) is 0 Å². The molecule has 1 amide bonds. The maximum absolute atomic E-state index is 12.4. The standard InChI is InChI=1S/C19H29BN3O/c24-19(23-20-16-11-5-3-1-2-4-6-12-16)18-21-14-13-17(22-18)15-9-7-8-10-15/h13-16H,1-12H2,(H,23,24). The van der Waals surface area contributed by atoms with Crippen molar-refractivity contribution < 1.29 is 4.79 Å². The summed E-state index contributed by atoms with van der Waals surface area (Å²) < 4.78 is 0. The molecule has 1 heterocycles. The van der Waals surface area contributed by atoms with Gasteiger partial charge in [-0.05, 0) is 24.7 Å². The minimum absolute atomic E-state index is 0.158. The van der Waals surface area contributed by atoms with Crippen LogP contribution in [0.4, 0.5) is 0 Å². The van der Waals surface area contributed by atoms with E-state index in [-0.39, 0.29) is 5.91 Å². The van der Waals surface area contributed by atoms with Gasteiger partial charge in [-0.2, -0.15) is 0 Å². The molecule has 0 saturated heterocycles. The first-order valence-electron chi connectivity index (χ1n) is 9.80. The molecule has 0 aliphatic heterocycles. The smallest absolute Gasteiger partial charge is 0.276 e. The monoisotopic (exact) mass is 326 g/mol. The maximum atomic E-state index is 12.4. The van der Waals surface area contributed by atoms with Gasteiger partial charge in [-0.25, -0.2) is 9.97 Å². The van der Waals surface area contributed by atoms with E-state index in [4.69, 9.17) is 0 Å². The largest absolute Gasteiger partial charge is 0.396 e. The molecule has 1 aromatic rings. The lowest BCUT2D eigenvalue weighted by atomic mass is 9.70. The summed E-state index contributed by atoms with van der Waals surface area (Å²) in [5.41, 5.74) is 1.04. The maximum Gasteiger partial charge on any atom is 0.276 e. The second kappa shape index (κ2) is 9.19. The van der Waals surface area contributed by atoms with Gasteiger partial charge < -0.3 is 5.23 Å². The summed E-state index contributed by atoms with van der Waals surface area (Å²) in [6.07, 6.45) is 16.9. The van der Waals surface area contributed by atoms with E-state index < -0.39 is 0 Å². The van der Waals surface area contributed by atoms with Crippen LogP contribution in [-0.4, -0.2) is 23.3 Å². The Morgan fingerprint density at radius 2 is 1.58 bits per heavy atom. The van der Waals surface area contributed by atoms with Crippen LogP contribution < -0.4 is 5.23 Å². The zero-order valence-corrected chi connectivity index (χ0v) is 14.7. The van der Waals surface area contributed by atoms with E-state index in [1.807, 2.05) is 13.5 Å². The molecule has 2 fully saturated rings. The molecule has 1 aromatic heterocycles. The Morgan fingerprint density at radius 1 is 0.958 bits per heavy atom. The van der Waals surface area contributed by atoms with Crippen LogP contribution in [0.15, 0.2) is 12.3 Å². The Hall–Kier alpha value is -1.39. The van der Waals surface area contributed by atoms with E-state index in [2.05, 4.69) is 15.2 Å². The average molecular weight is 326 g/mol. The Labute approximate surface area is 146 Å². The third kappa shape index (κ3) is 5.05. The predicted molar refractivity (Wildman–Crippen MR) is 97.1 cm³/mol. The van der Waals surface area contributed by atoms with E-state index >= 15 is 0 Å². The van der Waals surface area contributed by atoms with Crippen molar-refractivity contribution in [1.82, 2.24) is 15.2 Å². The van der Waals surface area contributed by atoms with Crippen molar-refractivity contribution in [2.75, 3.05) is 0 Å². The zero-order chi connectivity index (χ0) is 16.6. The molecule has 129 valence electrons. The Balaban J connectivity index is 1.53. The predicted octanol–water partition coefficient (Wildman–Crippen LogP) is 4.41. The zero-order valence-electron chi connectivity index (χ0n) is 14.7. The molecule has 1 N–H and O–H groups in total. The second-order valence-electron chi connectivity index (χ2n) is 7.39. The van der Waals surface area contributed by atoms with Crippen molar-refractivity contribution in [3.05, 3.63) is 23.8 Å². The van der Waals surface area contributed by atoms with Crippen LogP contribution in [0.2, 0.25) is 5.82 Å². The molecular formula is C19H29BN3O. The fraction of sp³-hybridized carbons (Fsp3) is 0.737. The van der Waals surface area contributed by atoms with E-state index in [1.54, 1.807) is 6.20 Å². The Morgan fingerprint density at radius 3 is 2.29 bits per heavy atom. The fourth-order valence-corrected chi connectivity index (χ4v) is 4.02. The van der Waals surface area contributed by atoms with Crippen molar-refractivity contribution in [3.63, 3.8) is 0 Å². The van der Waals surface area contributed by atoms with Gasteiger partial charge in [0.15, 0.2) is 0 Å². The average Bonchev–Trinajstić information content (AvgIpc) is 3.18. The second-order valence-corrected chi connectivity index (χ2v) is 7.39. The number of nitrogens with one attached hydrogen (secondary N) is 1. The van der Waals surface area contributed by atoms with Crippen molar-refractivity contribution in [2.45, 2.75) is 88.8 Å². The van der Waals surface area contributed by atoms with E-state index in [1.165, 1.54) is 77.0 Å². The summed E-state index contributed by atoms with van der Waals surface area (Å²) >= 11 is 0. The Bertz CT molecular complexity index is 521. The van der Waals surface area contributed by atoms with Gasteiger partial charge >= 0.3 is 0 Å². The highest BCUT2D eigenvalue weighted by atomic mass is 16.1. The molecule has 3 rings (SSSR count). The molecule has 5 heteroatoms. The van der Waals surface area contributed by atoms with Gasteiger partial charge in [0, 0.05) is 17.8 Å². The Kier molecular flexibility index (Phi) is 6.68. The van der Waals surface area contributed by atoms with Crippen LogP contribution >= 0.6 is 0 Å². The van der Waals surface area contributed by atoms with Gasteiger partial charge in [0.25, 0.3) is 5.91 Å². The highest BCUT2D eigenvalue weighted by Gasteiger charge is 2.21. The number of carbonyl (C=O) groups excluding carboxylic acids is 1. The summed E-state index contributed by atoms with van der Waals surface area (Å²) in [6.45, 7) is 0. The molecule has 24 heavy (non-hydrogen) atoms. The molecular weight excluding hydrogens is 297 g/mol. The number of hydrogen-bond acceptors (Lipinski definition) is 3. The first-order chi connectivity index (χ1) is 11.8. The highest BCUT2D eigenvalue weighted by Crippen LogP contribution is 2.32. The highest BCUT2D eigenvalue weighted by molar-refractivity contribution is 6.39. The molecule has 2 saturated carbocycles. The van der Waals surface area contributed by atoms with Crippen LogP contribution in [0.1, 0.15) is 99.3 Å². The minimum Gasteiger partial charge on any atom is -0.396 e. The molecule has 0 atom stereocenters. The number of hydrogen-bond donors (Lipinski definition) is 1. The molecule has 1 radical (unpaired) electrons. The summed E-state index contributed by atoms with van der Waals surface area (Å²) in [6, 6.07) is 1.97. The van der Waals surface area contributed by atoms with Crippen LogP contribution in [-0.2, 0) is 0 Å². The van der Waals surface area contributed by atoms with E-state index in [0.717, 1.165) is 5.69 Å². The third-order valence-corrected chi connectivity index (χ3v) is 5.50. The minimum atomic E-state index is -0.158. The summed E-state index contributed by atoms with van der Waals surface area (Å²) in [7, 11) is 2.00. The molecule has 2 aliphatic carbocycles. The quantitative estimate of drug-likeness (QED) is 0.834. The van der Waals surface area contributed by atoms with Crippen molar-refractivity contribution in [1.29, 1.82) is 0 Å². The lowest BCUT2D eigenvalue weighted by Crippen LogP contribution is -2.32. The van der Waals surface area contributed by atoms with Crippen LogP contribution in [0.25, 0.3) is 0 Å². The molecule has 2 aliphatic rings. The van der Waals surface area contributed by atoms with Crippen molar-refractivity contribution >= 4 is 13.3 Å². The van der Waals surface area contributed by atoms with Gasteiger partial charge in [0.2, 0.25) is 13.2 Å². The summed E-state index contributed by atoms with van der Waals surface area (Å²) in [4.78, 5) is 21.1. The molecule has 0 bridgehead atoms. The van der Waals surface area contributed by atoms with Gasteiger partial charge in [0.05, 0.1) is 0 Å². The molecule has 0 aromatic carbocycles. The summed E-state index contributed by atoms with van der Waals surface area (Å²) in [5, 5.41) is 2.97. The van der Waals surface area contributed by atoms with Crippen molar-refractivity contribution in [3.8, 4) is 0 Å². The van der Waals surface area contributed by atoms with E-state index in [9.17, 15) is 4.79 Å². The summed E-state index contributed by atoms with van der Waals surface area (Å²) in [5.74, 6) is 1.16. The molecule has 0 spiro atoms. The van der Waals surface area contributed by atoms with Gasteiger partial charge in [-0.15, -0.1) is 0 Å². The first kappa shape index (κ1) is 17.4. The molecule has 0 unspecified atom stereocenters.